The minimum absolute atomic E-state index is 0.0627. The first kappa shape index (κ1) is 21.0. The van der Waals surface area contributed by atoms with Crippen molar-refractivity contribution < 1.29 is 9.47 Å². The van der Waals surface area contributed by atoms with Crippen molar-refractivity contribution in [1.29, 1.82) is 0 Å². The molecule has 1 aliphatic rings. The molecule has 0 radical (unpaired) electrons. The van der Waals surface area contributed by atoms with E-state index in [-0.39, 0.29) is 5.60 Å². The van der Waals surface area contributed by atoms with Crippen molar-refractivity contribution >= 4 is 6.08 Å². The molecule has 1 aromatic rings. The maximum atomic E-state index is 5.95. The highest BCUT2D eigenvalue weighted by atomic mass is 16.6. The van der Waals surface area contributed by atoms with Crippen molar-refractivity contribution in [1.82, 2.24) is 0 Å². The molecule has 2 nitrogen and oxygen atoms in total. The summed E-state index contributed by atoms with van der Waals surface area (Å²) in [4.78, 5) is 0. The van der Waals surface area contributed by atoms with E-state index in [1.54, 1.807) is 0 Å². The van der Waals surface area contributed by atoms with Crippen molar-refractivity contribution in [3.8, 4) is 5.75 Å². The minimum Gasteiger partial charge on any atom is -0.490 e. The summed E-state index contributed by atoms with van der Waals surface area (Å²) in [5.41, 5.74) is 1.11. The van der Waals surface area contributed by atoms with E-state index in [0.29, 0.717) is 6.61 Å². The van der Waals surface area contributed by atoms with Crippen LogP contribution in [0.5, 0.6) is 5.75 Å². The molecule has 0 saturated carbocycles. The van der Waals surface area contributed by atoms with E-state index in [2.05, 4.69) is 38.1 Å². The summed E-state index contributed by atoms with van der Waals surface area (Å²) in [6.07, 6.45) is 19.6. The van der Waals surface area contributed by atoms with Crippen LogP contribution < -0.4 is 4.74 Å². The van der Waals surface area contributed by atoms with Gasteiger partial charge in [0.2, 0.25) is 0 Å². The van der Waals surface area contributed by atoms with E-state index in [0.717, 1.165) is 18.8 Å². The van der Waals surface area contributed by atoms with Crippen molar-refractivity contribution in [3.63, 3.8) is 0 Å². The van der Waals surface area contributed by atoms with Crippen LogP contribution in [0, 0.1) is 0 Å². The molecule has 1 aromatic carbocycles. The van der Waals surface area contributed by atoms with E-state index >= 15 is 0 Å². The van der Waals surface area contributed by atoms with Crippen LogP contribution in [0.25, 0.3) is 6.08 Å². The van der Waals surface area contributed by atoms with Gasteiger partial charge in [0, 0.05) is 5.56 Å². The number of benzene rings is 1. The summed E-state index contributed by atoms with van der Waals surface area (Å²) < 4.78 is 11.3. The van der Waals surface area contributed by atoms with E-state index in [4.69, 9.17) is 9.47 Å². The third kappa shape index (κ3) is 8.89. The van der Waals surface area contributed by atoms with E-state index in [1.165, 1.54) is 69.8 Å². The molecular weight excluding hydrogens is 320 g/mol. The highest BCUT2D eigenvalue weighted by Gasteiger charge is 2.40. The number of para-hydroxylation sites is 1. The molecule has 0 aliphatic carbocycles. The van der Waals surface area contributed by atoms with Gasteiger partial charge < -0.3 is 9.47 Å². The zero-order chi connectivity index (χ0) is 18.5. The average Bonchev–Trinajstić information content (AvgIpc) is 3.39. The number of hydrogen-bond acceptors (Lipinski definition) is 2. The van der Waals surface area contributed by atoms with Crippen LogP contribution in [-0.4, -0.2) is 18.8 Å². The number of unbranched alkanes of at least 4 members (excludes halogenated alkanes) is 10. The van der Waals surface area contributed by atoms with E-state index in [9.17, 15) is 0 Å². The van der Waals surface area contributed by atoms with E-state index < -0.39 is 0 Å². The molecular formula is C24H38O2. The third-order valence-electron chi connectivity index (χ3n) is 5.11. The third-order valence-corrected chi connectivity index (χ3v) is 5.11. The van der Waals surface area contributed by atoms with Crippen molar-refractivity contribution in [2.45, 2.75) is 90.1 Å². The van der Waals surface area contributed by atoms with Crippen LogP contribution in [-0.2, 0) is 4.74 Å². The van der Waals surface area contributed by atoms with Gasteiger partial charge in [0.1, 0.15) is 18.0 Å². The first-order valence-corrected chi connectivity index (χ1v) is 10.8. The zero-order valence-electron chi connectivity index (χ0n) is 17.0. The molecule has 1 heterocycles. The molecule has 26 heavy (non-hydrogen) atoms. The smallest absolute Gasteiger partial charge is 0.126 e. The normalized spacial score (nSPS) is 19.2. The number of allylic oxidation sites excluding steroid dienone is 1. The van der Waals surface area contributed by atoms with Gasteiger partial charge in [-0.3, -0.25) is 0 Å². The zero-order valence-corrected chi connectivity index (χ0v) is 17.0. The van der Waals surface area contributed by atoms with Gasteiger partial charge in [0.05, 0.1) is 6.61 Å². The van der Waals surface area contributed by atoms with Crippen LogP contribution in [0.15, 0.2) is 30.3 Å². The second kappa shape index (κ2) is 12.2. The Kier molecular flexibility index (Phi) is 9.84. The summed E-state index contributed by atoms with van der Waals surface area (Å²) in [7, 11) is 0. The molecule has 2 heteroatoms. The fourth-order valence-electron chi connectivity index (χ4n) is 3.15. The second-order valence-corrected chi connectivity index (χ2v) is 7.94. The first-order chi connectivity index (χ1) is 12.7. The Morgan fingerprint density at radius 3 is 2.23 bits per heavy atom. The summed E-state index contributed by atoms with van der Waals surface area (Å²) in [6, 6.07) is 8.28. The Balaban J connectivity index is 1.53. The highest BCUT2D eigenvalue weighted by Crippen LogP contribution is 2.28. The SMILES string of the molecule is CCCCCCCCCCCC/C=C/c1ccccc1OCC1(C)CO1. The molecule has 1 aliphatic heterocycles. The number of rotatable bonds is 15. The quantitative estimate of drug-likeness (QED) is 0.245. The molecule has 0 amide bonds. The highest BCUT2D eigenvalue weighted by molar-refractivity contribution is 5.57. The molecule has 0 N–H and O–H groups in total. The van der Waals surface area contributed by atoms with Gasteiger partial charge >= 0.3 is 0 Å². The summed E-state index contributed by atoms with van der Waals surface area (Å²) in [6.45, 7) is 5.82. The molecule has 0 spiro atoms. The lowest BCUT2D eigenvalue weighted by Crippen LogP contribution is -2.17. The number of ether oxygens (including phenoxy) is 2. The molecule has 146 valence electrons. The van der Waals surface area contributed by atoms with Crippen LogP contribution >= 0.6 is 0 Å². The van der Waals surface area contributed by atoms with Crippen LogP contribution in [0.1, 0.15) is 90.0 Å². The van der Waals surface area contributed by atoms with Gasteiger partial charge in [-0.25, -0.2) is 0 Å². The Morgan fingerprint density at radius 1 is 0.962 bits per heavy atom. The van der Waals surface area contributed by atoms with Crippen LogP contribution in [0.2, 0.25) is 0 Å². The van der Waals surface area contributed by atoms with Gasteiger partial charge in [0.25, 0.3) is 0 Å². The largest absolute Gasteiger partial charge is 0.490 e. The fourth-order valence-corrected chi connectivity index (χ4v) is 3.15. The van der Waals surface area contributed by atoms with Gasteiger partial charge in [0.15, 0.2) is 0 Å². The predicted octanol–water partition coefficient (Wildman–Crippen LogP) is 7.18. The monoisotopic (exact) mass is 358 g/mol. The standard InChI is InChI=1S/C24H38O2/c1-3-4-5-6-7-8-9-10-11-12-13-14-17-22-18-15-16-19-23(22)25-20-24(2)21-26-24/h14-19H,3-13,20-21H2,1-2H3/b17-14+. The van der Waals surface area contributed by atoms with Gasteiger partial charge in [-0.05, 0) is 25.8 Å². The summed E-state index contributed by atoms with van der Waals surface area (Å²) >= 11 is 0. The van der Waals surface area contributed by atoms with E-state index in [1.807, 2.05) is 12.1 Å². The van der Waals surface area contributed by atoms with Crippen LogP contribution in [0.4, 0.5) is 0 Å². The predicted molar refractivity (Wildman–Crippen MR) is 112 cm³/mol. The lowest BCUT2D eigenvalue weighted by Gasteiger charge is -2.11. The molecule has 1 fully saturated rings. The van der Waals surface area contributed by atoms with Crippen molar-refractivity contribution in [2.75, 3.05) is 13.2 Å². The molecule has 0 aromatic heterocycles. The topological polar surface area (TPSA) is 21.8 Å². The van der Waals surface area contributed by atoms with Crippen LogP contribution in [0.3, 0.4) is 0 Å². The molecule has 1 saturated heterocycles. The molecule has 1 atom stereocenters. The molecule has 0 bridgehead atoms. The van der Waals surface area contributed by atoms with Gasteiger partial charge in [-0.15, -0.1) is 0 Å². The Labute approximate surface area is 161 Å². The first-order valence-electron chi connectivity index (χ1n) is 10.8. The molecule has 1 unspecified atom stereocenters. The lowest BCUT2D eigenvalue weighted by molar-refractivity contribution is 0.202. The maximum Gasteiger partial charge on any atom is 0.126 e. The minimum atomic E-state index is -0.0627. The number of hydrogen-bond donors (Lipinski definition) is 0. The summed E-state index contributed by atoms with van der Waals surface area (Å²) in [5.74, 6) is 0.962. The fraction of sp³-hybridized carbons (Fsp3) is 0.667. The maximum absolute atomic E-state index is 5.95. The lowest BCUT2D eigenvalue weighted by atomic mass is 10.1. The van der Waals surface area contributed by atoms with Crippen molar-refractivity contribution in [2.24, 2.45) is 0 Å². The average molecular weight is 359 g/mol. The molecule has 2 rings (SSSR count). The number of epoxide rings is 1. The van der Waals surface area contributed by atoms with Gasteiger partial charge in [-0.1, -0.05) is 95.1 Å². The van der Waals surface area contributed by atoms with Crippen molar-refractivity contribution in [3.05, 3.63) is 35.9 Å². The Hall–Kier alpha value is -1.28. The Bertz CT molecular complexity index is 517. The second-order valence-electron chi connectivity index (χ2n) is 7.94. The summed E-state index contributed by atoms with van der Waals surface area (Å²) in [5, 5.41) is 0. The van der Waals surface area contributed by atoms with Gasteiger partial charge in [-0.2, -0.15) is 0 Å². The Morgan fingerprint density at radius 2 is 1.58 bits per heavy atom.